The van der Waals surface area contributed by atoms with Gasteiger partial charge in [-0.2, -0.15) is 0 Å². The van der Waals surface area contributed by atoms with Crippen LogP contribution in [-0.2, 0) is 0 Å². The van der Waals surface area contributed by atoms with E-state index in [4.69, 9.17) is 11.6 Å². The predicted molar refractivity (Wildman–Crippen MR) is 97.0 cm³/mol. The van der Waals surface area contributed by atoms with Crippen molar-refractivity contribution in [3.63, 3.8) is 0 Å². The molecule has 0 bridgehead atoms. The fourth-order valence-electron chi connectivity index (χ4n) is 2.48. The molecule has 1 atom stereocenters. The molecule has 0 radical (unpaired) electrons. The molecule has 1 N–H and O–H groups in total. The van der Waals surface area contributed by atoms with Crippen LogP contribution < -0.4 is 5.32 Å². The molecule has 1 aromatic heterocycles. The molecule has 1 unspecified atom stereocenters. The highest BCUT2D eigenvalue weighted by molar-refractivity contribution is 6.33. The van der Waals surface area contributed by atoms with Crippen molar-refractivity contribution in [2.45, 2.75) is 13.0 Å². The van der Waals surface area contributed by atoms with Crippen LogP contribution >= 0.6 is 11.6 Å². The number of aromatic nitrogens is 1. The number of nitrogens with zero attached hydrogens (tertiary/aromatic N) is 1. The van der Waals surface area contributed by atoms with Crippen molar-refractivity contribution >= 4 is 17.5 Å². The topological polar surface area (TPSA) is 42.0 Å². The van der Waals surface area contributed by atoms with Gasteiger partial charge in [-0.3, -0.25) is 9.78 Å². The van der Waals surface area contributed by atoms with E-state index < -0.39 is 0 Å². The number of benzene rings is 2. The van der Waals surface area contributed by atoms with Crippen LogP contribution in [-0.4, -0.2) is 10.9 Å². The zero-order valence-corrected chi connectivity index (χ0v) is 14.0. The molecule has 0 saturated carbocycles. The predicted octanol–water partition coefficient (Wildman–Crippen LogP) is 4.89. The smallest absolute Gasteiger partial charge is 0.251 e. The standard InChI is InChI=1S/C20H17ClN2O/c1-14(15-6-3-2-4-7-15)23-20(24)17-11-9-16(10-12-17)19-18(21)8-5-13-22-19/h2-14H,1H3,(H,23,24). The molecular weight excluding hydrogens is 320 g/mol. The fraction of sp³-hybridized carbons (Fsp3) is 0.100. The Bertz CT molecular complexity index is 832. The Hall–Kier alpha value is -2.65. The van der Waals surface area contributed by atoms with E-state index in [-0.39, 0.29) is 11.9 Å². The first-order chi connectivity index (χ1) is 11.6. The normalized spacial score (nSPS) is 11.8. The van der Waals surface area contributed by atoms with E-state index in [1.54, 1.807) is 30.5 Å². The molecule has 3 aromatic rings. The fourth-order valence-corrected chi connectivity index (χ4v) is 2.71. The van der Waals surface area contributed by atoms with E-state index in [1.807, 2.05) is 49.4 Å². The lowest BCUT2D eigenvalue weighted by Crippen LogP contribution is -2.26. The maximum Gasteiger partial charge on any atom is 0.251 e. The van der Waals surface area contributed by atoms with Gasteiger partial charge in [0.25, 0.3) is 5.91 Å². The van der Waals surface area contributed by atoms with Crippen LogP contribution in [0.15, 0.2) is 72.9 Å². The van der Waals surface area contributed by atoms with E-state index in [1.165, 1.54) is 0 Å². The molecule has 0 saturated heterocycles. The van der Waals surface area contributed by atoms with E-state index in [0.717, 1.165) is 11.1 Å². The van der Waals surface area contributed by atoms with Crippen molar-refractivity contribution in [1.29, 1.82) is 0 Å². The molecule has 2 aromatic carbocycles. The van der Waals surface area contributed by atoms with Gasteiger partial charge in [-0.15, -0.1) is 0 Å². The molecule has 24 heavy (non-hydrogen) atoms. The third-order valence-corrected chi connectivity index (χ3v) is 4.13. The van der Waals surface area contributed by atoms with Crippen LogP contribution in [0.25, 0.3) is 11.3 Å². The molecule has 0 spiro atoms. The Labute approximate surface area is 146 Å². The average Bonchev–Trinajstić information content (AvgIpc) is 2.63. The molecule has 0 fully saturated rings. The van der Waals surface area contributed by atoms with Crippen LogP contribution in [0.5, 0.6) is 0 Å². The minimum absolute atomic E-state index is 0.0522. The summed E-state index contributed by atoms with van der Waals surface area (Å²) in [5, 5.41) is 3.59. The molecule has 4 heteroatoms. The number of carbonyl (C=O) groups excluding carboxylic acids is 1. The number of pyridine rings is 1. The zero-order valence-electron chi connectivity index (χ0n) is 13.2. The first kappa shape index (κ1) is 16.2. The Kier molecular flexibility index (Phi) is 4.92. The summed E-state index contributed by atoms with van der Waals surface area (Å²) < 4.78 is 0. The van der Waals surface area contributed by atoms with E-state index in [2.05, 4.69) is 10.3 Å². The van der Waals surface area contributed by atoms with Crippen LogP contribution in [0.4, 0.5) is 0 Å². The van der Waals surface area contributed by atoms with Gasteiger partial charge in [0.2, 0.25) is 0 Å². The highest BCUT2D eigenvalue weighted by atomic mass is 35.5. The van der Waals surface area contributed by atoms with Crippen LogP contribution in [0, 0.1) is 0 Å². The first-order valence-corrected chi connectivity index (χ1v) is 8.09. The van der Waals surface area contributed by atoms with Gasteiger partial charge in [-0.25, -0.2) is 0 Å². The lowest BCUT2D eigenvalue weighted by atomic mass is 10.1. The summed E-state index contributed by atoms with van der Waals surface area (Å²) in [6, 6.07) is 20.7. The molecule has 3 nitrogen and oxygen atoms in total. The summed E-state index contributed by atoms with van der Waals surface area (Å²) >= 11 is 6.16. The van der Waals surface area contributed by atoms with Gasteiger partial charge >= 0.3 is 0 Å². The summed E-state index contributed by atoms with van der Waals surface area (Å²) in [7, 11) is 0. The van der Waals surface area contributed by atoms with Crippen molar-refractivity contribution in [1.82, 2.24) is 10.3 Å². The molecule has 120 valence electrons. The highest BCUT2D eigenvalue weighted by Gasteiger charge is 2.12. The highest BCUT2D eigenvalue weighted by Crippen LogP contribution is 2.25. The quantitative estimate of drug-likeness (QED) is 0.736. The summed E-state index contributed by atoms with van der Waals surface area (Å²) in [6.45, 7) is 1.97. The van der Waals surface area contributed by atoms with Crippen molar-refractivity contribution in [2.24, 2.45) is 0 Å². The van der Waals surface area contributed by atoms with Crippen LogP contribution in [0.2, 0.25) is 5.02 Å². The van der Waals surface area contributed by atoms with Crippen molar-refractivity contribution in [3.05, 3.63) is 89.1 Å². The summed E-state index contributed by atoms with van der Waals surface area (Å²) in [4.78, 5) is 16.7. The van der Waals surface area contributed by atoms with Gasteiger partial charge in [-0.1, -0.05) is 54.1 Å². The third-order valence-electron chi connectivity index (χ3n) is 3.83. The van der Waals surface area contributed by atoms with Crippen LogP contribution in [0.1, 0.15) is 28.9 Å². The number of amides is 1. The number of nitrogens with one attached hydrogen (secondary N) is 1. The van der Waals surface area contributed by atoms with Crippen molar-refractivity contribution < 1.29 is 4.79 Å². The lowest BCUT2D eigenvalue weighted by Gasteiger charge is -2.14. The molecule has 0 aliphatic heterocycles. The second-order valence-electron chi connectivity index (χ2n) is 5.52. The van der Waals surface area contributed by atoms with Gasteiger partial charge in [0.15, 0.2) is 0 Å². The maximum atomic E-state index is 12.4. The van der Waals surface area contributed by atoms with E-state index in [9.17, 15) is 4.79 Å². The number of hydrogen-bond acceptors (Lipinski definition) is 2. The van der Waals surface area contributed by atoms with E-state index in [0.29, 0.717) is 16.3 Å². The molecule has 1 amide bonds. The first-order valence-electron chi connectivity index (χ1n) is 7.72. The monoisotopic (exact) mass is 336 g/mol. The SMILES string of the molecule is CC(NC(=O)c1ccc(-c2ncccc2Cl)cc1)c1ccccc1. The van der Waals surface area contributed by atoms with Gasteiger partial charge in [0.05, 0.1) is 16.8 Å². The third kappa shape index (κ3) is 3.63. The van der Waals surface area contributed by atoms with Crippen molar-refractivity contribution in [2.75, 3.05) is 0 Å². The summed E-state index contributed by atoms with van der Waals surface area (Å²) in [5.74, 6) is -0.106. The zero-order chi connectivity index (χ0) is 16.9. The number of rotatable bonds is 4. The Balaban J connectivity index is 1.74. The Morgan fingerprint density at radius 1 is 1.00 bits per heavy atom. The van der Waals surface area contributed by atoms with Crippen molar-refractivity contribution in [3.8, 4) is 11.3 Å². The molecule has 1 heterocycles. The average molecular weight is 337 g/mol. The van der Waals surface area contributed by atoms with Gasteiger partial charge in [0, 0.05) is 17.3 Å². The molecule has 0 aliphatic rings. The molecule has 3 rings (SSSR count). The Morgan fingerprint density at radius 2 is 1.71 bits per heavy atom. The summed E-state index contributed by atoms with van der Waals surface area (Å²) in [6.07, 6.45) is 1.70. The number of halogens is 1. The lowest BCUT2D eigenvalue weighted by molar-refractivity contribution is 0.0940. The second kappa shape index (κ2) is 7.28. The summed E-state index contributed by atoms with van der Waals surface area (Å²) in [5.41, 5.74) is 3.27. The molecular formula is C20H17ClN2O. The van der Waals surface area contributed by atoms with Crippen LogP contribution in [0.3, 0.4) is 0 Å². The number of hydrogen-bond donors (Lipinski definition) is 1. The second-order valence-corrected chi connectivity index (χ2v) is 5.92. The maximum absolute atomic E-state index is 12.4. The van der Waals surface area contributed by atoms with Gasteiger partial charge < -0.3 is 5.32 Å². The van der Waals surface area contributed by atoms with E-state index >= 15 is 0 Å². The largest absolute Gasteiger partial charge is 0.346 e. The minimum atomic E-state index is -0.106. The number of carbonyl (C=O) groups is 1. The molecule has 0 aliphatic carbocycles. The van der Waals surface area contributed by atoms with Gasteiger partial charge in [-0.05, 0) is 36.8 Å². The van der Waals surface area contributed by atoms with Gasteiger partial charge in [0.1, 0.15) is 0 Å². The Morgan fingerprint density at radius 3 is 2.38 bits per heavy atom. The minimum Gasteiger partial charge on any atom is -0.346 e.